The van der Waals surface area contributed by atoms with E-state index in [0.29, 0.717) is 0 Å². The van der Waals surface area contributed by atoms with Crippen LogP contribution in [0.2, 0.25) is 0 Å². The number of aliphatic hydroxyl groups excluding tert-OH is 1. The van der Waals surface area contributed by atoms with E-state index in [1.165, 1.54) is 11.1 Å². The van der Waals surface area contributed by atoms with E-state index in [0.717, 1.165) is 24.9 Å². The number of hydrogen-bond donors (Lipinski definition) is 2. The SMILES string of the molecule is O=C(CN1CCC(F)(F)C(CO)C1)Nc1ccc2c(c1)CCC2. The lowest BCUT2D eigenvalue weighted by molar-refractivity contribution is -0.130. The first-order chi connectivity index (χ1) is 11.0. The molecular formula is C17H22F2N2O2. The molecular weight excluding hydrogens is 302 g/mol. The van der Waals surface area contributed by atoms with E-state index in [9.17, 15) is 13.6 Å². The van der Waals surface area contributed by atoms with Crippen LogP contribution in [0.4, 0.5) is 14.5 Å². The third-order valence-corrected chi connectivity index (χ3v) is 4.81. The van der Waals surface area contributed by atoms with Crippen molar-refractivity contribution in [3.05, 3.63) is 29.3 Å². The Labute approximate surface area is 134 Å². The van der Waals surface area contributed by atoms with Crippen molar-refractivity contribution in [1.29, 1.82) is 0 Å². The summed E-state index contributed by atoms with van der Waals surface area (Å²) in [5.74, 6) is -4.14. The normalized spacial score (nSPS) is 23.5. The summed E-state index contributed by atoms with van der Waals surface area (Å²) in [7, 11) is 0. The summed E-state index contributed by atoms with van der Waals surface area (Å²) < 4.78 is 27.1. The second kappa shape index (κ2) is 6.53. The fourth-order valence-corrected chi connectivity index (χ4v) is 3.44. The smallest absolute Gasteiger partial charge is 0.255 e. The van der Waals surface area contributed by atoms with Crippen LogP contribution in [-0.4, -0.2) is 48.1 Å². The minimum absolute atomic E-state index is 0.0428. The van der Waals surface area contributed by atoms with Gasteiger partial charge in [-0.25, -0.2) is 8.78 Å². The molecule has 2 N–H and O–H groups in total. The second-order valence-corrected chi connectivity index (χ2v) is 6.51. The molecule has 1 saturated heterocycles. The average molecular weight is 324 g/mol. The molecule has 1 atom stereocenters. The Bertz CT molecular complexity index is 592. The first-order valence-corrected chi connectivity index (χ1v) is 8.10. The Morgan fingerprint density at radius 3 is 2.91 bits per heavy atom. The van der Waals surface area contributed by atoms with Gasteiger partial charge in [0.15, 0.2) is 0 Å². The molecule has 2 aliphatic rings. The fourth-order valence-electron chi connectivity index (χ4n) is 3.44. The zero-order valence-corrected chi connectivity index (χ0v) is 13.0. The van der Waals surface area contributed by atoms with Gasteiger partial charge in [-0.3, -0.25) is 9.69 Å². The maximum absolute atomic E-state index is 13.6. The predicted molar refractivity (Wildman–Crippen MR) is 83.7 cm³/mol. The summed E-state index contributed by atoms with van der Waals surface area (Å²) in [5, 5.41) is 11.9. The van der Waals surface area contributed by atoms with Gasteiger partial charge in [-0.2, -0.15) is 0 Å². The number of amides is 1. The maximum Gasteiger partial charge on any atom is 0.255 e. The molecule has 1 fully saturated rings. The number of likely N-dealkylation sites (tertiary alicyclic amines) is 1. The summed E-state index contributed by atoms with van der Waals surface area (Å²) in [4.78, 5) is 13.8. The van der Waals surface area contributed by atoms with Crippen LogP contribution < -0.4 is 5.32 Å². The monoisotopic (exact) mass is 324 g/mol. The van der Waals surface area contributed by atoms with E-state index in [2.05, 4.69) is 5.32 Å². The molecule has 0 bridgehead atoms. The summed E-state index contributed by atoms with van der Waals surface area (Å²) in [6, 6.07) is 5.94. The first-order valence-electron chi connectivity index (χ1n) is 8.10. The van der Waals surface area contributed by atoms with Crippen LogP contribution in [0.15, 0.2) is 18.2 Å². The number of hydrogen-bond acceptors (Lipinski definition) is 3. The van der Waals surface area contributed by atoms with Crippen molar-refractivity contribution < 1.29 is 18.7 Å². The van der Waals surface area contributed by atoms with Crippen molar-refractivity contribution in [1.82, 2.24) is 4.90 Å². The number of carbonyl (C=O) groups excluding carboxylic acids is 1. The fraction of sp³-hybridized carbons (Fsp3) is 0.588. The molecule has 0 saturated carbocycles. The van der Waals surface area contributed by atoms with E-state index < -0.39 is 18.4 Å². The van der Waals surface area contributed by atoms with E-state index in [-0.39, 0.29) is 32.0 Å². The Balaban J connectivity index is 1.55. The quantitative estimate of drug-likeness (QED) is 0.891. The predicted octanol–water partition coefficient (Wildman–Crippen LogP) is 2.06. The molecule has 0 spiro atoms. The number of alkyl halides is 2. The van der Waals surface area contributed by atoms with Gasteiger partial charge in [0.05, 0.1) is 19.1 Å². The molecule has 0 radical (unpaired) electrons. The van der Waals surface area contributed by atoms with Gasteiger partial charge in [-0.05, 0) is 42.5 Å². The van der Waals surface area contributed by atoms with Crippen molar-refractivity contribution in [2.75, 3.05) is 31.6 Å². The lowest BCUT2D eigenvalue weighted by atomic mass is 9.94. The molecule has 23 heavy (non-hydrogen) atoms. The molecule has 1 aromatic carbocycles. The number of nitrogens with zero attached hydrogens (tertiary/aromatic N) is 1. The van der Waals surface area contributed by atoms with Gasteiger partial charge in [0.1, 0.15) is 0 Å². The molecule has 1 amide bonds. The van der Waals surface area contributed by atoms with Gasteiger partial charge in [-0.15, -0.1) is 0 Å². The van der Waals surface area contributed by atoms with Crippen LogP contribution in [-0.2, 0) is 17.6 Å². The highest BCUT2D eigenvalue weighted by Crippen LogP contribution is 2.33. The van der Waals surface area contributed by atoms with Crippen molar-refractivity contribution in [3.63, 3.8) is 0 Å². The molecule has 1 aliphatic carbocycles. The Hall–Kier alpha value is -1.53. The lowest BCUT2D eigenvalue weighted by Crippen LogP contribution is -2.50. The van der Waals surface area contributed by atoms with Crippen molar-refractivity contribution >= 4 is 11.6 Å². The van der Waals surface area contributed by atoms with Gasteiger partial charge in [-0.1, -0.05) is 6.07 Å². The summed E-state index contributed by atoms with van der Waals surface area (Å²) in [6.45, 7) is -0.276. The maximum atomic E-state index is 13.6. The third kappa shape index (κ3) is 3.70. The second-order valence-electron chi connectivity index (χ2n) is 6.51. The van der Waals surface area contributed by atoms with Crippen LogP contribution in [0.1, 0.15) is 24.0 Å². The number of carbonyl (C=O) groups is 1. The molecule has 0 aromatic heterocycles. The number of aryl methyl sites for hydroxylation is 2. The zero-order valence-electron chi connectivity index (χ0n) is 13.0. The molecule has 1 aliphatic heterocycles. The first kappa shape index (κ1) is 16.3. The molecule has 1 unspecified atom stereocenters. The molecule has 6 heteroatoms. The molecule has 126 valence electrons. The number of piperidine rings is 1. The minimum Gasteiger partial charge on any atom is -0.396 e. The van der Waals surface area contributed by atoms with Gasteiger partial charge < -0.3 is 10.4 Å². The van der Waals surface area contributed by atoms with Crippen LogP contribution in [0, 0.1) is 5.92 Å². The highest BCUT2D eigenvalue weighted by molar-refractivity contribution is 5.92. The molecule has 4 nitrogen and oxygen atoms in total. The summed E-state index contributed by atoms with van der Waals surface area (Å²) in [6.07, 6.45) is 2.97. The van der Waals surface area contributed by atoms with E-state index in [1.807, 2.05) is 18.2 Å². The Morgan fingerprint density at radius 2 is 2.13 bits per heavy atom. The highest BCUT2D eigenvalue weighted by atomic mass is 19.3. The number of rotatable bonds is 4. The Morgan fingerprint density at radius 1 is 1.35 bits per heavy atom. The highest BCUT2D eigenvalue weighted by Gasteiger charge is 2.43. The van der Waals surface area contributed by atoms with E-state index in [4.69, 9.17) is 5.11 Å². The third-order valence-electron chi connectivity index (χ3n) is 4.81. The number of halogens is 2. The molecule has 1 heterocycles. The number of aliphatic hydroxyl groups is 1. The average Bonchev–Trinajstić information content (AvgIpc) is 2.96. The van der Waals surface area contributed by atoms with Crippen molar-refractivity contribution in [2.45, 2.75) is 31.6 Å². The minimum atomic E-state index is -2.85. The number of anilines is 1. The number of benzene rings is 1. The largest absolute Gasteiger partial charge is 0.396 e. The topological polar surface area (TPSA) is 52.6 Å². The van der Waals surface area contributed by atoms with Gasteiger partial charge in [0.2, 0.25) is 5.91 Å². The van der Waals surface area contributed by atoms with E-state index in [1.54, 1.807) is 4.90 Å². The van der Waals surface area contributed by atoms with Gasteiger partial charge >= 0.3 is 0 Å². The molecule has 3 rings (SSSR count). The van der Waals surface area contributed by atoms with Crippen LogP contribution in [0.25, 0.3) is 0 Å². The zero-order chi connectivity index (χ0) is 16.4. The van der Waals surface area contributed by atoms with Crippen LogP contribution in [0.3, 0.4) is 0 Å². The van der Waals surface area contributed by atoms with Crippen LogP contribution >= 0.6 is 0 Å². The van der Waals surface area contributed by atoms with Gasteiger partial charge in [0, 0.05) is 25.2 Å². The van der Waals surface area contributed by atoms with Gasteiger partial charge in [0.25, 0.3) is 5.92 Å². The standard InChI is InChI=1S/C17H22F2N2O2/c18-17(19)6-7-21(9-14(17)11-22)10-16(23)20-15-5-4-12-2-1-3-13(12)8-15/h4-5,8,14,22H,1-3,6-7,9-11H2,(H,20,23). The van der Waals surface area contributed by atoms with Crippen molar-refractivity contribution in [2.24, 2.45) is 5.92 Å². The summed E-state index contributed by atoms with van der Waals surface area (Å²) in [5.41, 5.74) is 3.38. The lowest BCUT2D eigenvalue weighted by Gasteiger charge is -2.37. The van der Waals surface area contributed by atoms with E-state index >= 15 is 0 Å². The number of nitrogens with one attached hydrogen (secondary N) is 1. The summed E-state index contributed by atoms with van der Waals surface area (Å²) >= 11 is 0. The Kier molecular flexibility index (Phi) is 4.64. The number of fused-ring (bicyclic) bond motifs is 1. The van der Waals surface area contributed by atoms with Crippen LogP contribution in [0.5, 0.6) is 0 Å². The van der Waals surface area contributed by atoms with Crippen molar-refractivity contribution in [3.8, 4) is 0 Å². The molecule has 1 aromatic rings.